The van der Waals surface area contributed by atoms with Gasteiger partial charge in [0.15, 0.2) is 6.20 Å². The summed E-state index contributed by atoms with van der Waals surface area (Å²) < 4.78 is 16.9. The molecule has 0 atom stereocenters. The molecule has 0 spiro atoms. The molecule has 0 unspecified atom stereocenters. The van der Waals surface area contributed by atoms with Crippen molar-refractivity contribution in [3.8, 4) is 17.3 Å². The van der Waals surface area contributed by atoms with Gasteiger partial charge in [-0.1, -0.05) is 6.07 Å². The van der Waals surface area contributed by atoms with Crippen LogP contribution in [0.4, 0.5) is 4.39 Å². The SMILES string of the molecule is Cc1cc(C)c(F)c(-c2c3ccc(C#N)cc3cc[n+]2C)c1C. The summed E-state index contributed by atoms with van der Waals surface area (Å²) in [7, 11) is 1.92. The highest BCUT2D eigenvalue weighted by atomic mass is 19.1. The highest BCUT2D eigenvalue weighted by Gasteiger charge is 2.23. The number of halogens is 1. The Bertz CT molecular complexity index is 955. The first-order valence-corrected chi connectivity index (χ1v) is 7.53. The number of nitrogens with zero attached hydrogens (tertiary/aromatic N) is 2. The van der Waals surface area contributed by atoms with Crippen LogP contribution in [0.25, 0.3) is 22.0 Å². The van der Waals surface area contributed by atoms with Crippen LogP contribution in [0.3, 0.4) is 0 Å². The molecule has 0 amide bonds. The number of rotatable bonds is 1. The summed E-state index contributed by atoms with van der Waals surface area (Å²) in [4.78, 5) is 0. The third kappa shape index (κ3) is 2.37. The summed E-state index contributed by atoms with van der Waals surface area (Å²) in [5.41, 5.74) is 4.75. The van der Waals surface area contributed by atoms with E-state index in [-0.39, 0.29) is 5.82 Å². The standard InChI is InChI=1S/C20H18FN2/c1-12-9-13(2)19(21)18(14(12)3)20-17-6-5-15(11-22)10-16(17)7-8-23(20)4/h5-10H,1-4H3/q+1. The van der Waals surface area contributed by atoms with E-state index < -0.39 is 0 Å². The van der Waals surface area contributed by atoms with E-state index in [1.165, 1.54) is 0 Å². The number of benzene rings is 2. The van der Waals surface area contributed by atoms with Gasteiger partial charge in [-0.15, -0.1) is 0 Å². The zero-order valence-corrected chi connectivity index (χ0v) is 13.7. The average molecular weight is 305 g/mol. The number of hydrogen-bond donors (Lipinski definition) is 0. The zero-order valence-electron chi connectivity index (χ0n) is 13.7. The van der Waals surface area contributed by atoms with Crippen molar-refractivity contribution in [2.24, 2.45) is 7.05 Å². The van der Waals surface area contributed by atoms with Crippen molar-refractivity contribution >= 4 is 10.8 Å². The van der Waals surface area contributed by atoms with Crippen molar-refractivity contribution in [1.29, 1.82) is 5.26 Å². The molecule has 0 saturated heterocycles. The fourth-order valence-corrected chi connectivity index (χ4v) is 3.09. The van der Waals surface area contributed by atoms with E-state index >= 15 is 0 Å². The predicted molar refractivity (Wildman–Crippen MR) is 89.4 cm³/mol. The Morgan fingerprint density at radius 3 is 2.48 bits per heavy atom. The lowest BCUT2D eigenvalue weighted by molar-refractivity contribution is -0.659. The maximum absolute atomic E-state index is 14.9. The second-order valence-corrected chi connectivity index (χ2v) is 6.01. The summed E-state index contributed by atoms with van der Waals surface area (Å²) in [6.45, 7) is 5.75. The third-order valence-corrected chi connectivity index (χ3v) is 4.47. The molecule has 23 heavy (non-hydrogen) atoms. The molecule has 0 fully saturated rings. The number of fused-ring (bicyclic) bond motifs is 1. The molecule has 0 aliphatic heterocycles. The molecule has 3 rings (SSSR count). The largest absolute Gasteiger partial charge is 0.223 e. The molecule has 3 heteroatoms. The Balaban J connectivity index is 2.46. The molecular weight excluding hydrogens is 287 g/mol. The van der Waals surface area contributed by atoms with Gasteiger partial charge in [-0.25, -0.2) is 8.96 Å². The highest BCUT2D eigenvalue weighted by molar-refractivity contribution is 5.94. The van der Waals surface area contributed by atoms with E-state index in [1.54, 1.807) is 13.0 Å². The molecule has 1 aromatic heterocycles. The van der Waals surface area contributed by atoms with Crippen molar-refractivity contribution in [3.63, 3.8) is 0 Å². The van der Waals surface area contributed by atoms with Gasteiger partial charge in [0.1, 0.15) is 12.9 Å². The van der Waals surface area contributed by atoms with Crippen LogP contribution in [0.2, 0.25) is 0 Å². The van der Waals surface area contributed by atoms with Gasteiger partial charge >= 0.3 is 0 Å². The number of aryl methyl sites for hydroxylation is 3. The molecule has 2 aromatic carbocycles. The Kier molecular flexibility index (Phi) is 3.61. The Labute approximate surface area is 135 Å². The van der Waals surface area contributed by atoms with Gasteiger partial charge in [-0.05, 0) is 61.0 Å². The summed E-state index contributed by atoms with van der Waals surface area (Å²) in [5, 5.41) is 11.0. The van der Waals surface area contributed by atoms with Crippen molar-refractivity contribution in [2.75, 3.05) is 0 Å². The van der Waals surface area contributed by atoms with E-state index in [9.17, 15) is 4.39 Å². The lowest BCUT2D eigenvalue weighted by Gasteiger charge is -2.13. The quantitative estimate of drug-likeness (QED) is 0.617. The van der Waals surface area contributed by atoms with Crippen molar-refractivity contribution in [3.05, 3.63) is 64.6 Å². The Morgan fingerprint density at radius 2 is 1.78 bits per heavy atom. The fraction of sp³-hybridized carbons (Fsp3) is 0.200. The highest BCUT2D eigenvalue weighted by Crippen LogP contribution is 2.33. The lowest BCUT2D eigenvalue weighted by Crippen LogP contribution is -2.31. The number of aromatic nitrogens is 1. The maximum atomic E-state index is 14.9. The number of hydrogen-bond acceptors (Lipinski definition) is 1. The van der Waals surface area contributed by atoms with Crippen LogP contribution >= 0.6 is 0 Å². The van der Waals surface area contributed by atoms with Crippen LogP contribution in [-0.4, -0.2) is 0 Å². The summed E-state index contributed by atoms with van der Waals surface area (Å²) in [6.07, 6.45) is 1.91. The molecule has 0 N–H and O–H groups in total. The molecule has 0 aliphatic rings. The van der Waals surface area contributed by atoms with Crippen LogP contribution in [-0.2, 0) is 7.05 Å². The van der Waals surface area contributed by atoms with Crippen molar-refractivity contribution in [1.82, 2.24) is 0 Å². The van der Waals surface area contributed by atoms with Gasteiger partial charge in [0.25, 0.3) is 0 Å². The molecular formula is C20H18FN2+. The van der Waals surface area contributed by atoms with Gasteiger partial charge in [0.2, 0.25) is 5.69 Å². The molecule has 114 valence electrons. The first-order chi connectivity index (χ1) is 10.9. The second-order valence-electron chi connectivity index (χ2n) is 6.01. The average Bonchev–Trinajstić information content (AvgIpc) is 2.54. The van der Waals surface area contributed by atoms with Gasteiger partial charge in [-0.2, -0.15) is 5.26 Å². The molecule has 0 saturated carbocycles. The molecule has 2 nitrogen and oxygen atoms in total. The Morgan fingerprint density at radius 1 is 1.04 bits per heavy atom. The van der Waals surface area contributed by atoms with Gasteiger partial charge in [0.05, 0.1) is 22.6 Å². The van der Waals surface area contributed by atoms with Gasteiger partial charge in [0, 0.05) is 6.07 Å². The molecule has 0 aliphatic carbocycles. The van der Waals surface area contributed by atoms with E-state index in [0.29, 0.717) is 16.7 Å². The van der Waals surface area contributed by atoms with E-state index in [2.05, 4.69) is 6.07 Å². The predicted octanol–water partition coefficient (Wildman–Crippen LogP) is 4.27. The molecule has 0 radical (unpaired) electrons. The first kappa shape index (κ1) is 15.2. The fourth-order valence-electron chi connectivity index (χ4n) is 3.09. The van der Waals surface area contributed by atoms with Crippen LogP contribution in [0.15, 0.2) is 36.5 Å². The van der Waals surface area contributed by atoms with Crippen LogP contribution in [0.5, 0.6) is 0 Å². The monoisotopic (exact) mass is 305 g/mol. The minimum absolute atomic E-state index is 0.180. The summed E-state index contributed by atoms with van der Waals surface area (Å²) in [5.74, 6) is -0.180. The second kappa shape index (κ2) is 5.48. The Hall–Kier alpha value is -2.73. The summed E-state index contributed by atoms with van der Waals surface area (Å²) >= 11 is 0. The lowest BCUT2D eigenvalue weighted by atomic mass is 9.93. The van der Waals surface area contributed by atoms with Crippen molar-refractivity contribution in [2.45, 2.75) is 20.8 Å². The van der Waals surface area contributed by atoms with Crippen LogP contribution in [0.1, 0.15) is 22.3 Å². The zero-order chi connectivity index (χ0) is 16.7. The van der Waals surface area contributed by atoms with Crippen molar-refractivity contribution < 1.29 is 8.96 Å². The van der Waals surface area contributed by atoms with Gasteiger partial charge in [-0.3, -0.25) is 0 Å². The summed E-state index contributed by atoms with van der Waals surface area (Å²) in [6, 6.07) is 11.5. The normalized spacial score (nSPS) is 10.8. The first-order valence-electron chi connectivity index (χ1n) is 7.53. The molecule has 1 heterocycles. The van der Waals surface area contributed by atoms with Gasteiger partial charge < -0.3 is 0 Å². The molecule has 0 bridgehead atoms. The van der Waals surface area contributed by atoms with E-state index in [4.69, 9.17) is 5.26 Å². The minimum atomic E-state index is -0.180. The van der Waals surface area contributed by atoms with E-state index in [1.807, 2.05) is 55.9 Å². The number of nitriles is 1. The van der Waals surface area contributed by atoms with Crippen LogP contribution < -0.4 is 4.57 Å². The minimum Gasteiger partial charge on any atom is -0.206 e. The third-order valence-electron chi connectivity index (χ3n) is 4.47. The number of pyridine rings is 1. The van der Waals surface area contributed by atoms with Crippen LogP contribution in [0, 0.1) is 37.9 Å². The molecule has 3 aromatic rings. The maximum Gasteiger partial charge on any atom is 0.223 e. The smallest absolute Gasteiger partial charge is 0.206 e. The topological polar surface area (TPSA) is 27.7 Å². The van der Waals surface area contributed by atoms with E-state index in [0.717, 1.165) is 27.6 Å².